The van der Waals surface area contributed by atoms with Gasteiger partial charge in [0.15, 0.2) is 0 Å². The maximum atomic E-state index is 2.81. The van der Waals surface area contributed by atoms with Crippen LogP contribution in [0.3, 0.4) is 0 Å². The molecule has 0 fully saturated rings. The molecule has 1 heteroatoms. The van der Waals surface area contributed by atoms with Gasteiger partial charge < -0.3 is 0 Å². The normalized spacial score (nSPS) is 14.6. The molecule has 0 aromatic rings. The standard InChI is InChI=1S/C9H19P/c1-8(2,3)6-7-9(4,5)10/h6-7H,10H2,1-5H3/b7-6+. The van der Waals surface area contributed by atoms with Gasteiger partial charge >= 0.3 is 0 Å². The number of hydrogen-bond acceptors (Lipinski definition) is 0. The summed E-state index contributed by atoms with van der Waals surface area (Å²) in [6, 6.07) is 0. The van der Waals surface area contributed by atoms with Crippen LogP contribution in [0.5, 0.6) is 0 Å². The molecular formula is C9H19P. The Morgan fingerprint density at radius 2 is 1.30 bits per heavy atom. The highest BCUT2D eigenvalue weighted by Crippen LogP contribution is 2.22. The van der Waals surface area contributed by atoms with Crippen LogP contribution in [-0.2, 0) is 0 Å². The Balaban J connectivity index is 4.01. The van der Waals surface area contributed by atoms with Crippen molar-refractivity contribution in [3.05, 3.63) is 12.2 Å². The molecule has 10 heavy (non-hydrogen) atoms. The molecule has 0 aliphatic rings. The van der Waals surface area contributed by atoms with Crippen molar-refractivity contribution >= 4 is 9.24 Å². The fraction of sp³-hybridized carbons (Fsp3) is 0.778. The van der Waals surface area contributed by atoms with E-state index in [1.165, 1.54) is 0 Å². The first-order valence-corrected chi connectivity index (χ1v) is 4.28. The smallest absolute Gasteiger partial charge is 0.00290 e. The first-order chi connectivity index (χ1) is 4.21. The molecule has 0 saturated carbocycles. The first kappa shape index (κ1) is 10.2. The predicted molar refractivity (Wildman–Crippen MR) is 52.4 cm³/mol. The van der Waals surface area contributed by atoms with Crippen molar-refractivity contribution in [1.82, 2.24) is 0 Å². The molecule has 0 aromatic carbocycles. The molecule has 0 rings (SSSR count). The molecule has 0 aliphatic carbocycles. The molecule has 0 bridgehead atoms. The Morgan fingerprint density at radius 1 is 0.900 bits per heavy atom. The van der Waals surface area contributed by atoms with E-state index in [2.05, 4.69) is 56.0 Å². The summed E-state index contributed by atoms with van der Waals surface area (Å²) in [7, 11) is 2.81. The van der Waals surface area contributed by atoms with Gasteiger partial charge in [-0.05, 0) is 10.6 Å². The Bertz CT molecular complexity index is 105. The quantitative estimate of drug-likeness (QED) is 0.406. The molecule has 0 nitrogen and oxygen atoms in total. The van der Waals surface area contributed by atoms with Gasteiger partial charge in [0.1, 0.15) is 0 Å². The summed E-state index contributed by atoms with van der Waals surface area (Å²) < 4.78 is 0. The zero-order valence-electron chi connectivity index (χ0n) is 7.73. The van der Waals surface area contributed by atoms with Crippen LogP contribution in [0.2, 0.25) is 0 Å². The number of allylic oxidation sites excluding steroid dienone is 2. The molecule has 0 saturated heterocycles. The number of rotatable bonds is 1. The minimum atomic E-state index is 0.243. The maximum absolute atomic E-state index is 2.81. The molecule has 1 atom stereocenters. The fourth-order valence-corrected chi connectivity index (χ4v) is 0.561. The third-order valence-electron chi connectivity index (χ3n) is 1.01. The summed E-state index contributed by atoms with van der Waals surface area (Å²) in [5, 5.41) is 0.243. The molecule has 0 aromatic heterocycles. The summed E-state index contributed by atoms with van der Waals surface area (Å²) in [5.74, 6) is 0. The predicted octanol–water partition coefficient (Wildman–Crippen LogP) is 3.24. The van der Waals surface area contributed by atoms with E-state index in [0.29, 0.717) is 5.41 Å². The Labute approximate surface area is 67.3 Å². The lowest BCUT2D eigenvalue weighted by Crippen LogP contribution is -2.07. The highest BCUT2D eigenvalue weighted by molar-refractivity contribution is 7.19. The highest BCUT2D eigenvalue weighted by Gasteiger charge is 2.08. The second-order valence-electron chi connectivity index (χ2n) is 4.52. The molecule has 0 spiro atoms. The van der Waals surface area contributed by atoms with Crippen molar-refractivity contribution in [2.45, 2.75) is 39.8 Å². The average molecular weight is 158 g/mol. The van der Waals surface area contributed by atoms with Gasteiger partial charge in [-0.15, -0.1) is 9.24 Å². The van der Waals surface area contributed by atoms with Crippen molar-refractivity contribution in [3.63, 3.8) is 0 Å². The third kappa shape index (κ3) is 8.17. The van der Waals surface area contributed by atoms with Gasteiger partial charge in [-0.2, -0.15) is 0 Å². The second kappa shape index (κ2) is 3.05. The van der Waals surface area contributed by atoms with Crippen LogP contribution < -0.4 is 0 Å². The van der Waals surface area contributed by atoms with E-state index < -0.39 is 0 Å². The lowest BCUT2D eigenvalue weighted by Gasteiger charge is -2.17. The van der Waals surface area contributed by atoms with E-state index in [9.17, 15) is 0 Å². The van der Waals surface area contributed by atoms with Crippen molar-refractivity contribution in [2.75, 3.05) is 0 Å². The van der Waals surface area contributed by atoms with Crippen molar-refractivity contribution in [1.29, 1.82) is 0 Å². The first-order valence-electron chi connectivity index (χ1n) is 3.70. The van der Waals surface area contributed by atoms with Gasteiger partial charge in [-0.3, -0.25) is 0 Å². The topological polar surface area (TPSA) is 0 Å². The summed E-state index contributed by atoms with van der Waals surface area (Å²) in [4.78, 5) is 0. The van der Waals surface area contributed by atoms with E-state index >= 15 is 0 Å². The van der Waals surface area contributed by atoms with E-state index in [4.69, 9.17) is 0 Å². The molecule has 0 radical (unpaired) electrons. The summed E-state index contributed by atoms with van der Waals surface area (Å²) in [5.41, 5.74) is 0.313. The van der Waals surface area contributed by atoms with Crippen LogP contribution in [0, 0.1) is 5.41 Å². The van der Waals surface area contributed by atoms with Gasteiger partial charge in [0.2, 0.25) is 0 Å². The van der Waals surface area contributed by atoms with E-state index in [0.717, 1.165) is 0 Å². The lowest BCUT2D eigenvalue weighted by atomic mass is 9.94. The van der Waals surface area contributed by atoms with Crippen LogP contribution in [0.4, 0.5) is 0 Å². The van der Waals surface area contributed by atoms with Gasteiger partial charge in [0, 0.05) is 0 Å². The monoisotopic (exact) mass is 158 g/mol. The zero-order chi connectivity index (χ0) is 8.41. The Morgan fingerprint density at radius 3 is 1.40 bits per heavy atom. The van der Waals surface area contributed by atoms with E-state index in [-0.39, 0.29) is 5.16 Å². The highest BCUT2D eigenvalue weighted by atomic mass is 31.0. The molecule has 0 heterocycles. The minimum absolute atomic E-state index is 0.243. The minimum Gasteiger partial charge on any atom is -0.128 e. The van der Waals surface area contributed by atoms with E-state index in [1.54, 1.807) is 0 Å². The second-order valence-corrected chi connectivity index (χ2v) is 6.01. The van der Waals surface area contributed by atoms with Crippen LogP contribution >= 0.6 is 9.24 Å². The van der Waals surface area contributed by atoms with Gasteiger partial charge in [0.25, 0.3) is 0 Å². The SMILES string of the molecule is CC(C)(C)/C=C/C(C)(C)P. The van der Waals surface area contributed by atoms with Gasteiger partial charge in [0.05, 0.1) is 0 Å². The van der Waals surface area contributed by atoms with Crippen molar-refractivity contribution < 1.29 is 0 Å². The number of hydrogen-bond donors (Lipinski definition) is 0. The summed E-state index contributed by atoms with van der Waals surface area (Å²) in [6.45, 7) is 11.0. The molecular weight excluding hydrogens is 139 g/mol. The molecule has 0 aliphatic heterocycles. The van der Waals surface area contributed by atoms with Crippen LogP contribution in [-0.4, -0.2) is 5.16 Å². The van der Waals surface area contributed by atoms with Gasteiger partial charge in [-0.1, -0.05) is 46.8 Å². The average Bonchev–Trinajstić information content (AvgIpc) is 1.57. The molecule has 0 N–H and O–H groups in total. The van der Waals surface area contributed by atoms with E-state index in [1.807, 2.05) is 0 Å². The lowest BCUT2D eigenvalue weighted by molar-refractivity contribution is 0.540. The summed E-state index contributed by atoms with van der Waals surface area (Å²) in [6.07, 6.45) is 4.48. The Kier molecular flexibility index (Phi) is 3.10. The summed E-state index contributed by atoms with van der Waals surface area (Å²) >= 11 is 0. The van der Waals surface area contributed by atoms with Crippen LogP contribution in [0.15, 0.2) is 12.2 Å². The molecule has 1 unspecified atom stereocenters. The van der Waals surface area contributed by atoms with Gasteiger partial charge in [-0.25, -0.2) is 0 Å². The van der Waals surface area contributed by atoms with Crippen LogP contribution in [0.25, 0.3) is 0 Å². The van der Waals surface area contributed by atoms with Crippen LogP contribution in [0.1, 0.15) is 34.6 Å². The maximum Gasteiger partial charge on any atom is -0.00290 e. The Hall–Kier alpha value is 0.170. The molecule has 60 valence electrons. The largest absolute Gasteiger partial charge is 0.128 e. The fourth-order valence-electron chi connectivity index (χ4n) is 0.465. The van der Waals surface area contributed by atoms with Crippen molar-refractivity contribution in [3.8, 4) is 0 Å². The molecule has 0 amide bonds. The zero-order valence-corrected chi connectivity index (χ0v) is 8.89. The third-order valence-corrected chi connectivity index (χ3v) is 1.21. The van der Waals surface area contributed by atoms with Crippen molar-refractivity contribution in [2.24, 2.45) is 5.41 Å².